The molecule has 19 heavy (non-hydrogen) atoms. The Bertz CT molecular complexity index is 611. The van der Waals surface area contributed by atoms with Crippen molar-refractivity contribution in [3.8, 4) is 11.5 Å². The fourth-order valence-corrected chi connectivity index (χ4v) is 1.67. The Morgan fingerprint density at radius 1 is 1.26 bits per heavy atom. The molecule has 2 aromatic rings. The van der Waals surface area contributed by atoms with Gasteiger partial charge in [-0.25, -0.2) is 0 Å². The second-order valence-corrected chi connectivity index (χ2v) is 4.15. The maximum absolute atomic E-state index is 11.9. The average molecular weight is 258 g/mol. The Morgan fingerprint density at radius 2 is 2.05 bits per heavy atom. The Morgan fingerprint density at radius 3 is 2.79 bits per heavy atom. The number of carbonyl (C=O) groups is 1. The molecule has 0 saturated heterocycles. The van der Waals surface area contributed by atoms with E-state index >= 15 is 0 Å². The number of benzene rings is 1. The molecule has 0 bridgehead atoms. The number of aryl methyl sites for hydroxylation is 1. The van der Waals surface area contributed by atoms with E-state index in [2.05, 4.69) is 10.3 Å². The van der Waals surface area contributed by atoms with Gasteiger partial charge >= 0.3 is 0 Å². The summed E-state index contributed by atoms with van der Waals surface area (Å²) in [6.07, 6.45) is 0. The van der Waals surface area contributed by atoms with Crippen LogP contribution in [0.5, 0.6) is 11.5 Å². The summed E-state index contributed by atoms with van der Waals surface area (Å²) < 4.78 is 0. The molecular formula is C14H14N2O3. The molecule has 0 atom stereocenters. The Balaban J connectivity index is 2.07. The van der Waals surface area contributed by atoms with Gasteiger partial charge in [0.1, 0.15) is 11.5 Å². The molecule has 0 fully saturated rings. The van der Waals surface area contributed by atoms with E-state index in [1.165, 1.54) is 18.2 Å². The van der Waals surface area contributed by atoms with E-state index in [0.717, 1.165) is 11.4 Å². The number of nitrogens with zero attached hydrogens (tertiary/aromatic N) is 1. The summed E-state index contributed by atoms with van der Waals surface area (Å²) in [6.45, 7) is 2.13. The van der Waals surface area contributed by atoms with E-state index in [1.807, 2.05) is 19.1 Å². The maximum atomic E-state index is 11.9. The molecule has 0 aliphatic carbocycles. The van der Waals surface area contributed by atoms with Crippen molar-refractivity contribution in [2.24, 2.45) is 0 Å². The lowest BCUT2D eigenvalue weighted by molar-refractivity contribution is 0.0947. The zero-order valence-electron chi connectivity index (χ0n) is 10.4. The number of amides is 1. The monoisotopic (exact) mass is 258 g/mol. The number of carbonyl (C=O) groups excluding carboxylic acids is 1. The zero-order chi connectivity index (χ0) is 13.8. The van der Waals surface area contributed by atoms with E-state index < -0.39 is 5.91 Å². The molecule has 1 heterocycles. The smallest absolute Gasteiger partial charge is 0.255 e. The van der Waals surface area contributed by atoms with Gasteiger partial charge in [0.15, 0.2) is 0 Å². The van der Waals surface area contributed by atoms with Gasteiger partial charge in [-0.05, 0) is 37.3 Å². The third-order valence-corrected chi connectivity index (χ3v) is 2.60. The van der Waals surface area contributed by atoms with Crippen LogP contribution in [0, 0.1) is 6.92 Å². The van der Waals surface area contributed by atoms with Crippen molar-refractivity contribution in [2.45, 2.75) is 13.5 Å². The molecule has 1 amide bonds. The minimum atomic E-state index is -0.461. The highest BCUT2D eigenvalue weighted by Gasteiger charge is 2.11. The number of aromatic nitrogens is 1. The highest BCUT2D eigenvalue weighted by Crippen LogP contribution is 2.21. The van der Waals surface area contributed by atoms with Crippen molar-refractivity contribution < 1.29 is 15.0 Å². The molecule has 0 aliphatic heterocycles. The quantitative estimate of drug-likeness (QED) is 0.732. The molecule has 0 spiro atoms. The van der Waals surface area contributed by atoms with Gasteiger partial charge in [0.25, 0.3) is 5.91 Å². The van der Waals surface area contributed by atoms with Crippen molar-refractivity contribution >= 4 is 5.91 Å². The van der Waals surface area contributed by atoms with Crippen LogP contribution in [-0.2, 0) is 6.54 Å². The number of phenols is 2. The van der Waals surface area contributed by atoms with Gasteiger partial charge in [0.05, 0.1) is 17.8 Å². The third kappa shape index (κ3) is 3.22. The Labute approximate surface area is 110 Å². The first-order valence-electron chi connectivity index (χ1n) is 5.79. The lowest BCUT2D eigenvalue weighted by atomic mass is 10.1. The van der Waals surface area contributed by atoms with E-state index in [-0.39, 0.29) is 23.6 Å². The molecular weight excluding hydrogens is 244 g/mol. The predicted octanol–water partition coefficient (Wildman–Crippen LogP) is 1.73. The van der Waals surface area contributed by atoms with E-state index in [9.17, 15) is 15.0 Å². The topological polar surface area (TPSA) is 82.5 Å². The van der Waals surface area contributed by atoms with Gasteiger partial charge in [-0.2, -0.15) is 0 Å². The summed E-state index contributed by atoms with van der Waals surface area (Å²) in [5.41, 5.74) is 1.63. The minimum absolute atomic E-state index is 0.0349. The van der Waals surface area contributed by atoms with Gasteiger partial charge in [0.2, 0.25) is 0 Å². The zero-order valence-corrected chi connectivity index (χ0v) is 10.4. The van der Waals surface area contributed by atoms with Crippen molar-refractivity contribution in [1.29, 1.82) is 0 Å². The van der Waals surface area contributed by atoms with Crippen LogP contribution in [0.4, 0.5) is 0 Å². The van der Waals surface area contributed by atoms with Crippen LogP contribution < -0.4 is 5.32 Å². The van der Waals surface area contributed by atoms with Crippen LogP contribution in [0.15, 0.2) is 36.4 Å². The second-order valence-electron chi connectivity index (χ2n) is 4.15. The molecule has 5 nitrogen and oxygen atoms in total. The maximum Gasteiger partial charge on any atom is 0.255 e. The predicted molar refractivity (Wildman–Crippen MR) is 69.9 cm³/mol. The van der Waals surface area contributed by atoms with Crippen LogP contribution in [0.3, 0.4) is 0 Å². The van der Waals surface area contributed by atoms with E-state index in [0.29, 0.717) is 0 Å². The highest BCUT2D eigenvalue weighted by atomic mass is 16.3. The number of phenolic OH excluding ortho intramolecular Hbond substituents is 2. The summed E-state index contributed by atoms with van der Waals surface area (Å²) in [7, 11) is 0. The van der Waals surface area contributed by atoms with Crippen LogP contribution in [0.2, 0.25) is 0 Å². The van der Waals surface area contributed by atoms with E-state index in [4.69, 9.17) is 0 Å². The standard InChI is InChI=1S/C14H14N2O3/c1-9-3-2-4-10(16-9)8-15-14(19)12-7-11(17)5-6-13(12)18/h2-7,17-18H,8H2,1H3,(H,15,19). The summed E-state index contributed by atoms with van der Waals surface area (Å²) in [6, 6.07) is 9.33. The van der Waals surface area contributed by atoms with Gasteiger partial charge in [-0.15, -0.1) is 0 Å². The SMILES string of the molecule is Cc1cccc(CNC(=O)c2cc(O)ccc2O)n1. The van der Waals surface area contributed by atoms with Crippen molar-refractivity contribution in [1.82, 2.24) is 10.3 Å². The minimum Gasteiger partial charge on any atom is -0.508 e. The Kier molecular flexibility index (Phi) is 3.66. The van der Waals surface area contributed by atoms with E-state index in [1.54, 1.807) is 6.07 Å². The Hall–Kier alpha value is -2.56. The summed E-state index contributed by atoms with van der Waals surface area (Å²) in [4.78, 5) is 16.1. The van der Waals surface area contributed by atoms with Crippen LogP contribution in [-0.4, -0.2) is 21.1 Å². The fourth-order valence-electron chi connectivity index (χ4n) is 1.67. The van der Waals surface area contributed by atoms with Gasteiger partial charge in [-0.3, -0.25) is 9.78 Å². The lowest BCUT2D eigenvalue weighted by Crippen LogP contribution is -2.23. The summed E-state index contributed by atoms with van der Waals surface area (Å²) in [5.74, 6) is -0.708. The van der Waals surface area contributed by atoms with Crippen LogP contribution >= 0.6 is 0 Å². The number of aromatic hydroxyl groups is 2. The summed E-state index contributed by atoms with van der Waals surface area (Å²) >= 11 is 0. The van der Waals surface area contributed by atoms with Gasteiger partial charge in [-0.1, -0.05) is 6.07 Å². The molecule has 0 aliphatic rings. The average Bonchev–Trinajstić information content (AvgIpc) is 2.39. The number of pyridine rings is 1. The van der Waals surface area contributed by atoms with Crippen molar-refractivity contribution in [3.63, 3.8) is 0 Å². The van der Waals surface area contributed by atoms with Crippen LogP contribution in [0.25, 0.3) is 0 Å². The molecule has 0 unspecified atom stereocenters. The first-order valence-corrected chi connectivity index (χ1v) is 5.79. The van der Waals surface area contributed by atoms with Crippen molar-refractivity contribution in [3.05, 3.63) is 53.3 Å². The molecule has 2 rings (SSSR count). The van der Waals surface area contributed by atoms with Gasteiger partial charge in [0, 0.05) is 5.69 Å². The second kappa shape index (κ2) is 5.39. The van der Waals surface area contributed by atoms with Crippen molar-refractivity contribution in [2.75, 3.05) is 0 Å². The molecule has 1 aromatic heterocycles. The molecule has 98 valence electrons. The van der Waals surface area contributed by atoms with Gasteiger partial charge < -0.3 is 15.5 Å². The first kappa shape index (κ1) is 12.9. The largest absolute Gasteiger partial charge is 0.508 e. The van der Waals surface area contributed by atoms with Crippen LogP contribution in [0.1, 0.15) is 21.7 Å². The number of rotatable bonds is 3. The number of hydrogen-bond acceptors (Lipinski definition) is 4. The molecule has 1 aromatic carbocycles. The number of hydrogen-bond donors (Lipinski definition) is 3. The molecule has 3 N–H and O–H groups in total. The molecule has 5 heteroatoms. The highest BCUT2D eigenvalue weighted by molar-refractivity contribution is 5.97. The normalized spacial score (nSPS) is 10.2. The first-order chi connectivity index (χ1) is 9.06. The molecule has 0 saturated carbocycles. The summed E-state index contributed by atoms with van der Waals surface area (Å²) in [5, 5.41) is 21.5. The fraction of sp³-hybridized carbons (Fsp3) is 0.143. The number of nitrogens with one attached hydrogen (secondary N) is 1. The molecule has 0 radical (unpaired) electrons. The lowest BCUT2D eigenvalue weighted by Gasteiger charge is -2.07. The third-order valence-electron chi connectivity index (χ3n) is 2.60.